The quantitative estimate of drug-likeness (QED) is 0.435. The molecule has 160 valence electrons. The highest BCUT2D eigenvalue weighted by Gasteiger charge is 2.23. The summed E-state index contributed by atoms with van der Waals surface area (Å²) in [5.41, 5.74) is 6.43. The first-order valence-corrected chi connectivity index (χ1v) is 10.9. The molecule has 1 saturated heterocycles. The summed E-state index contributed by atoms with van der Waals surface area (Å²) >= 11 is 0. The molecule has 1 aliphatic heterocycles. The Labute approximate surface area is 184 Å². The molecule has 3 aromatic heterocycles. The molecule has 0 saturated carbocycles. The molecule has 0 radical (unpaired) electrons. The van der Waals surface area contributed by atoms with Crippen molar-refractivity contribution in [3.63, 3.8) is 0 Å². The molecule has 32 heavy (non-hydrogen) atoms. The summed E-state index contributed by atoms with van der Waals surface area (Å²) in [5.74, 6) is 0. The number of ether oxygens (including phenoxy) is 1. The lowest BCUT2D eigenvalue weighted by atomic mass is 10.1. The molecule has 4 heterocycles. The van der Waals surface area contributed by atoms with Crippen LogP contribution in [0.15, 0.2) is 53.6 Å². The first kappa shape index (κ1) is 19.1. The minimum Gasteiger partial charge on any atom is -0.376 e. The molecule has 0 spiro atoms. The molecule has 7 heteroatoms. The van der Waals surface area contributed by atoms with Crippen LogP contribution in [0.3, 0.4) is 0 Å². The van der Waals surface area contributed by atoms with Crippen LogP contribution < -0.4 is 5.56 Å². The summed E-state index contributed by atoms with van der Waals surface area (Å²) in [5, 5.41) is 0.498. The van der Waals surface area contributed by atoms with Gasteiger partial charge in [0.1, 0.15) is 17.2 Å². The summed E-state index contributed by atoms with van der Waals surface area (Å²) in [6, 6.07) is 14.0. The fourth-order valence-corrected chi connectivity index (χ4v) is 4.73. The van der Waals surface area contributed by atoms with Crippen molar-refractivity contribution in [3.05, 3.63) is 70.3 Å². The van der Waals surface area contributed by atoms with Crippen molar-refractivity contribution in [2.24, 2.45) is 0 Å². The van der Waals surface area contributed by atoms with Crippen molar-refractivity contribution < 1.29 is 4.74 Å². The van der Waals surface area contributed by atoms with Crippen molar-refractivity contribution in [2.75, 3.05) is 6.61 Å². The Bertz CT molecular complexity index is 1540. The van der Waals surface area contributed by atoms with Gasteiger partial charge in [0.05, 0.1) is 23.7 Å². The molecule has 0 aliphatic carbocycles. The highest BCUT2D eigenvalue weighted by atomic mass is 16.5. The van der Waals surface area contributed by atoms with Gasteiger partial charge < -0.3 is 4.74 Å². The number of hydrogen-bond acceptors (Lipinski definition) is 5. The van der Waals surface area contributed by atoms with Gasteiger partial charge in [0, 0.05) is 12.3 Å². The van der Waals surface area contributed by atoms with Crippen LogP contribution in [0.1, 0.15) is 24.0 Å². The lowest BCUT2D eigenvalue weighted by molar-refractivity contribution is 0.0960. The van der Waals surface area contributed by atoms with E-state index in [2.05, 4.69) is 32.0 Å². The zero-order valence-electron chi connectivity index (χ0n) is 18.1. The Morgan fingerprint density at radius 2 is 1.78 bits per heavy atom. The monoisotopic (exact) mass is 425 g/mol. The largest absolute Gasteiger partial charge is 0.376 e. The molecular weight excluding hydrogens is 402 g/mol. The number of rotatable bonds is 3. The van der Waals surface area contributed by atoms with Crippen molar-refractivity contribution in [2.45, 2.75) is 39.3 Å². The van der Waals surface area contributed by atoms with Gasteiger partial charge in [-0.3, -0.25) is 13.9 Å². The SMILES string of the molecule is Cc1cc(C)cc(-n2c3nc4ccccc4nc3c3c(=O)n(C[C@@H]4CCCO4)cnc32)c1. The summed E-state index contributed by atoms with van der Waals surface area (Å²) in [7, 11) is 0. The molecule has 5 aromatic rings. The maximum Gasteiger partial charge on any atom is 0.265 e. The number of benzene rings is 2. The van der Waals surface area contributed by atoms with Crippen molar-refractivity contribution in [1.29, 1.82) is 0 Å². The van der Waals surface area contributed by atoms with Crippen molar-refractivity contribution in [3.8, 4) is 5.69 Å². The third kappa shape index (κ3) is 3.00. The number of nitrogens with zero attached hydrogens (tertiary/aromatic N) is 5. The van der Waals surface area contributed by atoms with Gasteiger partial charge in [-0.25, -0.2) is 15.0 Å². The average molecular weight is 425 g/mol. The third-order valence-electron chi connectivity index (χ3n) is 6.12. The van der Waals surface area contributed by atoms with Gasteiger partial charge in [0.25, 0.3) is 5.56 Å². The minimum atomic E-state index is -0.108. The Morgan fingerprint density at radius 3 is 2.50 bits per heavy atom. The van der Waals surface area contributed by atoms with Gasteiger partial charge in [0.15, 0.2) is 11.3 Å². The Kier molecular flexibility index (Phi) is 4.33. The standard InChI is InChI=1S/C25H23N5O2/c1-15-10-16(2)12-17(11-15)30-23-21(22-24(30)28-20-8-4-3-7-19(20)27-22)25(31)29(14-26-23)13-18-6-5-9-32-18/h3-4,7-8,10-12,14,18H,5-6,9,13H2,1-2H3/t18-/m0/s1. The van der Waals surface area contributed by atoms with Gasteiger partial charge in [-0.1, -0.05) is 18.2 Å². The minimum absolute atomic E-state index is 0.0478. The van der Waals surface area contributed by atoms with Crippen molar-refractivity contribution >= 4 is 33.2 Å². The highest BCUT2D eigenvalue weighted by Crippen LogP contribution is 2.29. The van der Waals surface area contributed by atoms with E-state index >= 15 is 0 Å². The van der Waals surface area contributed by atoms with Crippen molar-refractivity contribution in [1.82, 2.24) is 24.1 Å². The third-order valence-corrected chi connectivity index (χ3v) is 6.12. The fourth-order valence-electron chi connectivity index (χ4n) is 4.73. The van der Waals surface area contributed by atoms with E-state index in [1.165, 1.54) is 0 Å². The maximum absolute atomic E-state index is 13.6. The zero-order valence-corrected chi connectivity index (χ0v) is 18.1. The summed E-state index contributed by atoms with van der Waals surface area (Å²) in [4.78, 5) is 28.1. The van der Waals surface area contributed by atoms with E-state index < -0.39 is 0 Å². The molecule has 0 N–H and O–H groups in total. The van der Waals surface area contributed by atoms with E-state index in [1.54, 1.807) is 10.9 Å². The topological polar surface area (TPSA) is 74.8 Å². The van der Waals surface area contributed by atoms with E-state index in [0.29, 0.717) is 28.7 Å². The molecule has 6 rings (SSSR count). The predicted octanol–water partition coefficient (Wildman–Crippen LogP) is 4.08. The number of aromatic nitrogens is 5. The van der Waals surface area contributed by atoms with E-state index in [-0.39, 0.29) is 11.7 Å². The number of fused-ring (bicyclic) bond motifs is 4. The average Bonchev–Trinajstić information content (AvgIpc) is 3.39. The molecular formula is C25H23N5O2. The second-order valence-corrected chi connectivity index (χ2v) is 8.60. The lowest BCUT2D eigenvalue weighted by Crippen LogP contribution is -2.26. The maximum atomic E-state index is 13.6. The molecule has 0 unspecified atom stereocenters. The first-order valence-electron chi connectivity index (χ1n) is 10.9. The van der Waals surface area contributed by atoms with Crippen LogP contribution in [0.25, 0.3) is 38.9 Å². The normalized spacial score (nSPS) is 16.5. The second kappa shape index (κ2) is 7.24. The summed E-state index contributed by atoms with van der Waals surface area (Å²) < 4.78 is 9.36. The van der Waals surface area contributed by atoms with E-state index in [9.17, 15) is 4.79 Å². The van der Waals surface area contributed by atoms with Crippen LogP contribution in [0, 0.1) is 13.8 Å². The molecule has 1 atom stereocenters. The number of hydrogen-bond donors (Lipinski definition) is 0. The Morgan fingerprint density at radius 1 is 1.03 bits per heavy atom. The summed E-state index contributed by atoms with van der Waals surface area (Å²) in [6.07, 6.45) is 3.66. The number of aryl methyl sites for hydroxylation is 2. The lowest BCUT2D eigenvalue weighted by Gasteiger charge is -2.12. The van der Waals surface area contributed by atoms with Gasteiger partial charge in [-0.05, 0) is 62.1 Å². The van der Waals surface area contributed by atoms with E-state index in [1.807, 2.05) is 28.8 Å². The van der Waals surface area contributed by atoms with Crippen LogP contribution >= 0.6 is 0 Å². The van der Waals surface area contributed by atoms with E-state index in [4.69, 9.17) is 19.7 Å². The zero-order chi connectivity index (χ0) is 21.8. The van der Waals surface area contributed by atoms with Crippen LogP contribution in [0.5, 0.6) is 0 Å². The van der Waals surface area contributed by atoms with Crippen LogP contribution in [-0.2, 0) is 11.3 Å². The van der Waals surface area contributed by atoms with Crippen LogP contribution in [0.2, 0.25) is 0 Å². The van der Waals surface area contributed by atoms with Gasteiger partial charge in [-0.2, -0.15) is 0 Å². The molecule has 7 nitrogen and oxygen atoms in total. The molecule has 1 fully saturated rings. The fraction of sp³-hybridized carbons (Fsp3) is 0.280. The molecule has 0 bridgehead atoms. The summed E-state index contributed by atoms with van der Waals surface area (Å²) in [6.45, 7) is 5.37. The van der Waals surface area contributed by atoms with Crippen LogP contribution in [-0.4, -0.2) is 36.8 Å². The predicted molar refractivity (Wildman–Crippen MR) is 124 cm³/mol. The first-order chi connectivity index (χ1) is 15.6. The highest BCUT2D eigenvalue weighted by molar-refractivity contribution is 6.05. The second-order valence-electron chi connectivity index (χ2n) is 8.60. The number of para-hydroxylation sites is 2. The molecule has 0 amide bonds. The van der Waals surface area contributed by atoms with Gasteiger partial charge in [-0.15, -0.1) is 0 Å². The molecule has 2 aromatic carbocycles. The molecule has 1 aliphatic rings. The van der Waals surface area contributed by atoms with Gasteiger partial charge >= 0.3 is 0 Å². The van der Waals surface area contributed by atoms with Gasteiger partial charge in [0.2, 0.25) is 0 Å². The van der Waals surface area contributed by atoms with Crippen LogP contribution in [0.4, 0.5) is 0 Å². The Balaban J connectivity index is 1.70. The van der Waals surface area contributed by atoms with E-state index in [0.717, 1.165) is 47.3 Å². The smallest absolute Gasteiger partial charge is 0.265 e. The Hall–Kier alpha value is -3.58.